The first-order valence-corrected chi connectivity index (χ1v) is 8.12. The summed E-state index contributed by atoms with van der Waals surface area (Å²) in [5.41, 5.74) is 5.56. The minimum atomic E-state index is -0.852. The summed E-state index contributed by atoms with van der Waals surface area (Å²) < 4.78 is 23.5. The van der Waals surface area contributed by atoms with Gasteiger partial charge in [0.1, 0.15) is 17.3 Å². The third kappa shape index (κ3) is 5.77. The molecule has 7 heteroatoms. The Morgan fingerprint density at radius 1 is 1.08 bits per heavy atom. The molecule has 2 aromatic carbocycles. The number of benzene rings is 2. The van der Waals surface area contributed by atoms with Crippen molar-refractivity contribution in [2.45, 2.75) is 25.9 Å². The highest BCUT2D eigenvalue weighted by Gasteiger charge is 2.15. The van der Waals surface area contributed by atoms with Gasteiger partial charge in [-0.05, 0) is 49.2 Å². The predicted molar refractivity (Wildman–Crippen MR) is 94.1 cm³/mol. The minimum Gasteiger partial charge on any atom is -0.496 e. The molecule has 2 amide bonds. The molecule has 0 aromatic heterocycles. The molecule has 0 aliphatic rings. The van der Waals surface area contributed by atoms with Crippen molar-refractivity contribution in [1.82, 2.24) is 10.9 Å². The van der Waals surface area contributed by atoms with Crippen molar-refractivity contribution in [3.8, 4) is 11.5 Å². The maximum absolute atomic E-state index is 12.8. The molecule has 1 unspecified atom stereocenters. The van der Waals surface area contributed by atoms with E-state index in [-0.39, 0.29) is 12.3 Å². The molecule has 0 fully saturated rings. The van der Waals surface area contributed by atoms with Crippen LogP contribution in [-0.4, -0.2) is 25.0 Å². The summed E-state index contributed by atoms with van der Waals surface area (Å²) in [5.74, 6) is -0.169. The summed E-state index contributed by atoms with van der Waals surface area (Å²) in [6.45, 7) is 1.53. The average molecular weight is 360 g/mol. The number of nitrogens with one attached hydrogen (secondary N) is 2. The molecule has 26 heavy (non-hydrogen) atoms. The molecular weight excluding hydrogens is 339 g/mol. The fourth-order valence-electron chi connectivity index (χ4n) is 2.22. The summed E-state index contributed by atoms with van der Waals surface area (Å²) in [5, 5.41) is 0. The maximum Gasteiger partial charge on any atom is 0.279 e. The van der Waals surface area contributed by atoms with Crippen LogP contribution in [0, 0.1) is 5.82 Å². The largest absolute Gasteiger partial charge is 0.496 e. The van der Waals surface area contributed by atoms with Crippen LogP contribution in [0.5, 0.6) is 11.5 Å². The number of amides is 2. The summed E-state index contributed by atoms with van der Waals surface area (Å²) >= 11 is 0. The molecule has 0 spiro atoms. The molecule has 2 rings (SSSR count). The first kappa shape index (κ1) is 19.2. The summed E-state index contributed by atoms with van der Waals surface area (Å²) in [6, 6.07) is 12.7. The van der Waals surface area contributed by atoms with Gasteiger partial charge in [-0.2, -0.15) is 0 Å². The van der Waals surface area contributed by atoms with E-state index in [0.29, 0.717) is 17.9 Å². The second-order valence-electron chi connectivity index (χ2n) is 5.56. The lowest BCUT2D eigenvalue weighted by Gasteiger charge is -2.15. The van der Waals surface area contributed by atoms with Crippen molar-refractivity contribution in [2.24, 2.45) is 0 Å². The van der Waals surface area contributed by atoms with Crippen LogP contribution in [0.25, 0.3) is 0 Å². The van der Waals surface area contributed by atoms with Gasteiger partial charge in [0.25, 0.3) is 5.91 Å². The van der Waals surface area contributed by atoms with Crippen molar-refractivity contribution in [3.63, 3.8) is 0 Å². The van der Waals surface area contributed by atoms with Crippen LogP contribution >= 0.6 is 0 Å². The van der Waals surface area contributed by atoms with Gasteiger partial charge >= 0.3 is 0 Å². The zero-order chi connectivity index (χ0) is 18.9. The predicted octanol–water partition coefficient (Wildman–Crippen LogP) is 2.38. The first-order valence-electron chi connectivity index (χ1n) is 8.12. The van der Waals surface area contributed by atoms with E-state index in [1.807, 2.05) is 24.3 Å². The first-order chi connectivity index (χ1) is 12.5. The Morgan fingerprint density at radius 3 is 2.46 bits per heavy atom. The molecule has 0 bridgehead atoms. The number of ether oxygens (including phenoxy) is 2. The number of hydrazine groups is 1. The number of carbonyl (C=O) groups is 2. The Bertz CT molecular complexity index is 749. The van der Waals surface area contributed by atoms with Crippen LogP contribution in [0.1, 0.15) is 18.9 Å². The van der Waals surface area contributed by atoms with E-state index < -0.39 is 17.8 Å². The smallest absolute Gasteiger partial charge is 0.279 e. The van der Waals surface area contributed by atoms with Crippen molar-refractivity contribution in [1.29, 1.82) is 0 Å². The van der Waals surface area contributed by atoms with Gasteiger partial charge in [-0.25, -0.2) is 4.39 Å². The van der Waals surface area contributed by atoms with Gasteiger partial charge in [0.2, 0.25) is 5.91 Å². The molecule has 0 aliphatic heterocycles. The molecule has 0 aliphatic carbocycles. The van der Waals surface area contributed by atoms with Crippen LogP contribution in [0.3, 0.4) is 0 Å². The third-order valence-corrected chi connectivity index (χ3v) is 3.63. The van der Waals surface area contributed by atoms with Gasteiger partial charge in [-0.3, -0.25) is 20.4 Å². The Kier molecular flexibility index (Phi) is 6.96. The molecule has 138 valence electrons. The van der Waals surface area contributed by atoms with E-state index in [0.717, 1.165) is 5.56 Å². The molecule has 0 radical (unpaired) electrons. The van der Waals surface area contributed by atoms with Crippen LogP contribution < -0.4 is 20.3 Å². The maximum atomic E-state index is 12.8. The SMILES string of the molecule is COc1ccccc1CCC(=O)NNC(=O)C(C)Oc1ccc(F)cc1. The molecule has 0 saturated carbocycles. The summed E-state index contributed by atoms with van der Waals surface area (Å²) in [4.78, 5) is 23.8. The van der Waals surface area contributed by atoms with Gasteiger partial charge in [0.15, 0.2) is 6.10 Å². The van der Waals surface area contributed by atoms with Crippen molar-refractivity contribution in [3.05, 3.63) is 59.9 Å². The van der Waals surface area contributed by atoms with Crippen molar-refractivity contribution >= 4 is 11.8 Å². The fourth-order valence-corrected chi connectivity index (χ4v) is 2.22. The quantitative estimate of drug-likeness (QED) is 0.744. The van der Waals surface area contributed by atoms with Crippen molar-refractivity contribution in [2.75, 3.05) is 7.11 Å². The number of hydrogen-bond acceptors (Lipinski definition) is 4. The van der Waals surface area contributed by atoms with Gasteiger partial charge in [0.05, 0.1) is 7.11 Å². The molecule has 6 nitrogen and oxygen atoms in total. The Balaban J connectivity index is 1.75. The standard InChI is InChI=1S/C19H21FN2O4/c1-13(26-16-10-8-15(20)9-11-16)19(24)22-21-18(23)12-7-14-5-3-4-6-17(14)25-2/h3-6,8-11,13H,7,12H2,1-2H3,(H,21,23)(H,22,24). The molecular formula is C19H21FN2O4. The molecule has 1 atom stereocenters. The molecule has 0 heterocycles. The van der Waals surface area contributed by atoms with E-state index in [2.05, 4.69) is 10.9 Å². The highest BCUT2D eigenvalue weighted by atomic mass is 19.1. The van der Waals surface area contributed by atoms with Crippen LogP contribution in [-0.2, 0) is 16.0 Å². The van der Waals surface area contributed by atoms with E-state index in [1.165, 1.54) is 31.2 Å². The highest BCUT2D eigenvalue weighted by molar-refractivity contribution is 5.84. The zero-order valence-corrected chi connectivity index (χ0v) is 14.6. The van der Waals surface area contributed by atoms with E-state index >= 15 is 0 Å². The number of hydrogen-bond donors (Lipinski definition) is 2. The molecule has 2 N–H and O–H groups in total. The number of aryl methyl sites for hydroxylation is 1. The van der Waals surface area contributed by atoms with Gasteiger partial charge in [-0.1, -0.05) is 18.2 Å². The van der Waals surface area contributed by atoms with Crippen LogP contribution in [0.15, 0.2) is 48.5 Å². The van der Waals surface area contributed by atoms with Crippen LogP contribution in [0.2, 0.25) is 0 Å². The topological polar surface area (TPSA) is 76.7 Å². The van der Waals surface area contributed by atoms with Gasteiger partial charge < -0.3 is 9.47 Å². The highest BCUT2D eigenvalue weighted by Crippen LogP contribution is 2.18. The third-order valence-electron chi connectivity index (χ3n) is 3.63. The Labute approximate surface area is 151 Å². The number of methoxy groups -OCH3 is 1. The van der Waals surface area contributed by atoms with Gasteiger partial charge in [-0.15, -0.1) is 0 Å². The zero-order valence-electron chi connectivity index (χ0n) is 14.6. The lowest BCUT2D eigenvalue weighted by Crippen LogP contribution is -2.47. The van der Waals surface area contributed by atoms with E-state index in [1.54, 1.807) is 7.11 Å². The Hall–Kier alpha value is -3.09. The molecule has 0 saturated heterocycles. The normalized spacial score (nSPS) is 11.3. The lowest BCUT2D eigenvalue weighted by atomic mass is 10.1. The van der Waals surface area contributed by atoms with E-state index in [9.17, 15) is 14.0 Å². The average Bonchev–Trinajstić information content (AvgIpc) is 2.66. The monoisotopic (exact) mass is 360 g/mol. The Morgan fingerprint density at radius 2 is 1.77 bits per heavy atom. The number of halogens is 1. The number of rotatable bonds is 7. The minimum absolute atomic E-state index is 0.188. The summed E-state index contributed by atoms with van der Waals surface area (Å²) in [6.07, 6.45) is -0.184. The fraction of sp³-hybridized carbons (Fsp3) is 0.263. The second kappa shape index (κ2) is 9.41. The molecule has 2 aromatic rings. The van der Waals surface area contributed by atoms with Crippen molar-refractivity contribution < 1.29 is 23.5 Å². The number of carbonyl (C=O) groups excluding carboxylic acids is 2. The summed E-state index contributed by atoms with van der Waals surface area (Å²) in [7, 11) is 1.57. The second-order valence-corrected chi connectivity index (χ2v) is 5.56. The number of para-hydroxylation sites is 1. The van der Waals surface area contributed by atoms with Gasteiger partial charge in [0, 0.05) is 6.42 Å². The van der Waals surface area contributed by atoms with E-state index in [4.69, 9.17) is 9.47 Å². The van der Waals surface area contributed by atoms with Crippen LogP contribution in [0.4, 0.5) is 4.39 Å². The lowest BCUT2D eigenvalue weighted by molar-refractivity contribution is -0.132.